The summed E-state index contributed by atoms with van der Waals surface area (Å²) < 4.78 is 5.14. The van der Waals surface area contributed by atoms with E-state index in [0.717, 1.165) is 0 Å². The molecule has 4 nitrogen and oxygen atoms in total. The summed E-state index contributed by atoms with van der Waals surface area (Å²) in [6, 6.07) is 6.61. The lowest BCUT2D eigenvalue weighted by Crippen LogP contribution is -2.44. The normalized spacial score (nSPS) is 26.1. The van der Waals surface area contributed by atoms with Crippen LogP contribution in [0.25, 0.3) is 0 Å². The summed E-state index contributed by atoms with van der Waals surface area (Å²) in [5.41, 5.74) is -0.308. The summed E-state index contributed by atoms with van der Waals surface area (Å²) >= 11 is 0. The van der Waals surface area contributed by atoms with E-state index in [-0.39, 0.29) is 18.0 Å². The number of Topliss-reactive ketones (excluding diaryl/α,β-unsaturated/α-hetero) is 2. The average molecular weight is 242 g/mol. The predicted octanol–water partition coefficient (Wildman–Crippen LogP) is 1.70. The fourth-order valence-corrected chi connectivity index (χ4v) is 2.45. The number of hydrogen-bond acceptors (Lipinski definition) is 4. The molecule has 0 fully saturated rings. The summed E-state index contributed by atoms with van der Waals surface area (Å²) in [7, 11) is 0. The van der Waals surface area contributed by atoms with Crippen molar-refractivity contribution in [2.45, 2.75) is 18.9 Å². The van der Waals surface area contributed by atoms with E-state index in [1.165, 1.54) is 6.08 Å². The third kappa shape index (κ3) is 1.29. The van der Waals surface area contributed by atoms with Crippen LogP contribution in [0.1, 0.15) is 34.1 Å². The molecule has 0 radical (unpaired) electrons. The van der Waals surface area contributed by atoms with Crippen LogP contribution in [0.4, 0.5) is 0 Å². The zero-order valence-electron chi connectivity index (χ0n) is 9.73. The highest BCUT2D eigenvalue weighted by molar-refractivity contribution is 6.20. The Hall–Kier alpha value is -2.23. The van der Waals surface area contributed by atoms with Gasteiger partial charge in [-0.2, -0.15) is 0 Å². The molecule has 3 rings (SSSR count). The molecule has 1 spiro atoms. The molecule has 1 aromatic rings. The Labute approximate surface area is 103 Å². The van der Waals surface area contributed by atoms with Gasteiger partial charge in [0.15, 0.2) is 5.78 Å². The average Bonchev–Trinajstić information content (AvgIpc) is 2.63. The Morgan fingerprint density at radius 2 is 1.78 bits per heavy atom. The van der Waals surface area contributed by atoms with Crippen LogP contribution in [0.15, 0.2) is 35.9 Å². The molecule has 0 N–H and O–H groups in total. The van der Waals surface area contributed by atoms with Crippen LogP contribution in [-0.2, 0) is 9.53 Å². The van der Waals surface area contributed by atoms with Crippen molar-refractivity contribution in [3.63, 3.8) is 0 Å². The van der Waals surface area contributed by atoms with Crippen molar-refractivity contribution in [3.8, 4) is 0 Å². The maximum Gasteiger partial charge on any atom is 0.334 e. The van der Waals surface area contributed by atoms with E-state index in [1.54, 1.807) is 31.2 Å². The molecule has 1 aromatic carbocycles. The van der Waals surface area contributed by atoms with Gasteiger partial charge in [0.25, 0.3) is 0 Å². The Morgan fingerprint density at radius 1 is 1.11 bits per heavy atom. The van der Waals surface area contributed by atoms with Gasteiger partial charge in [-0.15, -0.1) is 0 Å². The van der Waals surface area contributed by atoms with E-state index in [2.05, 4.69) is 0 Å². The molecular weight excluding hydrogens is 232 g/mol. The van der Waals surface area contributed by atoms with Crippen molar-refractivity contribution in [1.29, 1.82) is 0 Å². The Bertz CT molecular complexity index is 626. The monoisotopic (exact) mass is 242 g/mol. The number of esters is 1. The molecule has 0 aromatic heterocycles. The van der Waals surface area contributed by atoms with Crippen molar-refractivity contribution in [2.24, 2.45) is 0 Å². The molecule has 90 valence electrons. The number of hydrogen-bond donors (Lipinski definition) is 0. The number of fused-ring (bicyclic) bond motifs is 1. The highest BCUT2D eigenvalue weighted by Crippen LogP contribution is 2.37. The Kier molecular flexibility index (Phi) is 2.05. The van der Waals surface area contributed by atoms with Crippen LogP contribution in [0, 0.1) is 0 Å². The number of rotatable bonds is 0. The molecular formula is C14H10O4. The molecule has 0 saturated carbocycles. The number of ketones is 2. The molecule has 1 heterocycles. The number of carbonyl (C=O) groups excluding carboxylic acids is 3. The van der Waals surface area contributed by atoms with Crippen molar-refractivity contribution in [3.05, 3.63) is 47.0 Å². The second kappa shape index (κ2) is 3.38. The zero-order chi connectivity index (χ0) is 12.9. The maximum atomic E-state index is 12.4. The minimum atomic E-state index is -1.41. The first-order valence-electron chi connectivity index (χ1n) is 5.63. The van der Waals surface area contributed by atoms with Crippen molar-refractivity contribution < 1.29 is 19.1 Å². The fourth-order valence-electron chi connectivity index (χ4n) is 2.45. The number of ether oxygens (including phenoxy) is 1. The summed E-state index contributed by atoms with van der Waals surface area (Å²) in [5.74, 6) is -1.03. The molecule has 0 bridgehead atoms. The van der Waals surface area contributed by atoms with Gasteiger partial charge in [-0.3, -0.25) is 9.59 Å². The smallest absolute Gasteiger partial charge is 0.334 e. The Morgan fingerprint density at radius 3 is 2.39 bits per heavy atom. The summed E-state index contributed by atoms with van der Waals surface area (Å²) in [4.78, 5) is 35.9. The first-order chi connectivity index (χ1) is 8.53. The molecule has 1 aliphatic heterocycles. The van der Waals surface area contributed by atoms with Crippen LogP contribution in [0.3, 0.4) is 0 Å². The number of benzene rings is 1. The molecule has 0 saturated heterocycles. The van der Waals surface area contributed by atoms with E-state index in [1.807, 2.05) is 0 Å². The van der Waals surface area contributed by atoms with E-state index in [4.69, 9.17) is 4.74 Å². The predicted molar refractivity (Wildman–Crippen MR) is 62.3 cm³/mol. The second-order valence-corrected chi connectivity index (χ2v) is 4.58. The molecule has 1 atom stereocenters. The van der Waals surface area contributed by atoms with E-state index >= 15 is 0 Å². The molecule has 0 amide bonds. The SMILES string of the molecule is CC1=CC2(CC(=O)c3ccccc3C2=O)OC1=O. The van der Waals surface area contributed by atoms with E-state index in [0.29, 0.717) is 16.7 Å². The lowest BCUT2D eigenvalue weighted by atomic mass is 9.78. The largest absolute Gasteiger partial charge is 0.442 e. The van der Waals surface area contributed by atoms with Gasteiger partial charge in [0, 0.05) is 16.7 Å². The molecule has 2 aliphatic rings. The molecule has 18 heavy (non-hydrogen) atoms. The van der Waals surface area contributed by atoms with Gasteiger partial charge >= 0.3 is 5.97 Å². The van der Waals surface area contributed by atoms with Crippen LogP contribution < -0.4 is 0 Å². The maximum absolute atomic E-state index is 12.4. The summed E-state index contributed by atoms with van der Waals surface area (Å²) in [6.45, 7) is 1.58. The first kappa shape index (κ1) is 10.9. The topological polar surface area (TPSA) is 60.4 Å². The van der Waals surface area contributed by atoms with Gasteiger partial charge in [-0.1, -0.05) is 24.3 Å². The van der Waals surface area contributed by atoms with Crippen LogP contribution in [-0.4, -0.2) is 23.1 Å². The molecule has 1 unspecified atom stereocenters. The molecule has 1 aliphatic carbocycles. The van der Waals surface area contributed by atoms with E-state index in [9.17, 15) is 14.4 Å². The minimum Gasteiger partial charge on any atom is -0.442 e. The first-order valence-corrected chi connectivity index (χ1v) is 5.63. The van der Waals surface area contributed by atoms with Gasteiger partial charge in [-0.25, -0.2) is 4.79 Å². The van der Waals surface area contributed by atoms with Crippen LogP contribution in [0.5, 0.6) is 0 Å². The van der Waals surface area contributed by atoms with Crippen LogP contribution >= 0.6 is 0 Å². The van der Waals surface area contributed by atoms with Crippen molar-refractivity contribution in [1.82, 2.24) is 0 Å². The second-order valence-electron chi connectivity index (χ2n) is 4.58. The molecule has 4 heteroatoms. The van der Waals surface area contributed by atoms with Crippen LogP contribution in [0.2, 0.25) is 0 Å². The summed E-state index contributed by atoms with van der Waals surface area (Å²) in [6.07, 6.45) is 1.36. The van der Waals surface area contributed by atoms with Gasteiger partial charge in [-0.05, 0) is 13.0 Å². The zero-order valence-corrected chi connectivity index (χ0v) is 9.73. The third-order valence-corrected chi connectivity index (χ3v) is 3.33. The summed E-state index contributed by atoms with van der Waals surface area (Å²) in [5, 5.41) is 0. The van der Waals surface area contributed by atoms with Gasteiger partial charge in [0.1, 0.15) is 0 Å². The lowest BCUT2D eigenvalue weighted by molar-refractivity contribution is -0.143. The highest BCUT2D eigenvalue weighted by Gasteiger charge is 2.51. The van der Waals surface area contributed by atoms with Gasteiger partial charge < -0.3 is 4.74 Å². The standard InChI is InChI=1S/C14H10O4/c1-8-6-14(18-13(8)17)7-11(15)9-4-2-3-5-10(9)12(14)16/h2-6H,7H2,1H3. The quantitative estimate of drug-likeness (QED) is 0.649. The highest BCUT2D eigenvalue weighted by atomic mass is 16.6. The fraction of sp³-hybridized carbons (Fsp3) is 0.214. The van der Waals surface area contributed by atoms with Crippen molar-refractivity contribution >= 4 is 17.5 Å². The lowest BCUT2D eigenvalue weighted by Gasteiger charge is -2.29. The third-order valence-electron chi connectivity index (χ3n) is 3.33. The Balaban J connectivity index is 2.17. The van der Waals surface area contributed by atoms with Gasteiger partial charge in [0.2, 0.25) is 11.4 Å². The number of carbonyl (C=O) groups is 3. The van der Waals surface area contributed by atoms with Crippen molar-refractivity contribution in [2.75, 3.05) is 0 Å². The minimum absolute atomic E-state index is 0.105. The van der Waals surface area contributed by atoms with Gasteiger partial charge in [0.05, 0.1) is 6.42 Å². The van der Waals surface area contributed by atoms with E-state index < -0.39 is 11.6 Å².